The van der Waals surface area contributed by atoms with Crippen molar-refractivity contribution in [1.29, 1.82) is 0 Å². The summed E-state index contributed by atoms with van der Waals surface area (Å²) in [7, 11) is 0. The van der Waals surface area contributed by atoms with E-state index in [-0.39, 0.29) is 24.7 Å². The van der Waals surface area contributed by atoms with E-state index in [9.17, 15) is 9.59 Å². The second-order valence-electron chi connectivity index (χ2n) is 8.82. The fourth-order valence-corrected chi connectivity index (χ4v) is 3.96. The molecule has 1 heterocycles. The Kier molecular flexibility index (Phi) is 9.70. The number of nitrogens with zero attached hydrogens (tertiary/aromatic N) is 1. The smallest absolute Gasteiger partial charge is 0.407 e. The average Bonchev–Trinajstić information content (AvgIpc) is 3.08. The molecule has 3 atom stereocenters. The Balaban J connectivity index is 2.22. The van der Waals surface area contributed by atoms with E-state index in [1.807, 2.05) is 51.1 Å². The van der Waals surface area contributed by atoms with Gasteiger partial charge in [-0.3, -0.25) is 9.69 Å². The number of amides is 1. The van der Waals surface area contributed by atoms with Gasteiger partial charge < -0.3 is 14.8 Å². The maximum Gasteiger partial charge on any atom is 0.407 e. The molecule has 0 saturated carbocycles. The standard InChI is InChI=1S/C23H31Cl3N2O4/c1-5-9-17(27-21(30)31-15-23(24,25)26)18-12-13-19(20(29)32-22(2,3)4)28(18)14-16-10-7-6-8-11-16/h5-8,10-11,17-19H,1,9,12-15H2,2-4H3,(H,27,30)/t17-,18-,19-/m0/s1. The van der Waals surface area contributed by atoms with Crippen LogP contribution in [0.25, 0.3) is 0 Å². The van der Waals surface area contributed by atoms with Crippen LogP contribution in [0.3, 0.4) is 0 Å². The third-order valence-corrected chi connectivity index (χ3v) is 5.33. The molecule has 0 bridgehead atoms. The Labute approximate surface area is 205 Å². The third-order valence-electron chi connectivity index (χ3n) is 5.00. The van der Waals surface area contributed by atoms with Crippen LogP contribution in [0.5, 0.6) is 0 Å². The second kappa shape index (κ2) is 11.6. The number of alkyl halides is 3. The minimum absolute atomic E-state index is 0.133. The zero-order valence-electron chi connectivity index (χ0n) is 18.7. The third kappa shape index (κ3) is 8.81. The minimum Gasteiger partial charge on any atom is -0.459 e. The van der Waals surface area contributed by atoms with Gasteiger partial charge >= 0.3 is 12.1 Å². The van der Waals surface area contributed by atoms with Gasteiger partial charge in [0.1, 0.15) is 18.2 Å². The van der Waals surface area contributed by atoms with Crippen molar-refractivity contribution < 1.29 is 19.1 Å². The molecule has 32 heavy (non-hydrogen) atoms. The lowest BCUT2D eigenvalue weighted by atomic mass is 10.0. The monoisotopic (exact) mass is 504 g/mol. The molecule has 1 amide bonds. The highest BCUT2D eigenvalue weighted by molar-refractivity contribution is 6.67. The molecule has 0 aromatic heterocycles. The number of carbonyl (C=O) groups excluding carboxylic acids is 2. The number of halogens is 3. The molecule has 1 aliphatic rings. The van der Waals surface area contributed by atoms with Gasteiger partial charge in [0.05, 0.1) is 6.04 Å². The van der Waals surface area contributed by atoms with E-state index in [2.05, 4.69) is 16.8 Å². The number of benzene rings is 1. The van der Waals surface area contributed by atoms with E-state index in [1.165, 1.54) is 0 Å². The topological polar surface area (TPSA) is 67.9 Å². The van der Waals surface area contributed by atoms with E-state index in [4.69, 9.17) is 44.3 Å². The first kappa shape index (κ1) is 26.8. The van der Waals surface area contributed by atoms with Crippen molar-refractivity contribution in [3.8, 4) is 0 Å². The van der Waals surface area contributed by atoms with Gasteiger partial charge in [0.2, 0.25) is 3.79 Å². The van der Waals surface area contributed by atoms with E-state index in [0.29, 0.717) is 25.8 Å². The molecule has 1 aliphatic heterocycles. The summed E-state index contributed by atoms with van der Waals surface area (Å²) >= 11 is 17.0. The van der Waals surface area contributed by atoms with Crippen molar-refractivity contribution >= 4 is 46.9 Å². The Morgan fingerprint density at radius 1 is 1.22 bits per heavy atom. The summed E-state index contributed by atoms with van der Waals surface area (Å²) in [4.78, 5) is 27.4. The average molecular weight is 506 g/mol. The fraction of sp³-hybridized carbons (Fsp3) is 0.565. The molecular formula is C23H31Cl3N2O4. The van der Waals surface area contributed by atoms with E-state index in [1.54, 1.807) is 6.08 Å². The molecular weight excluding hydrogens is 475 g/mol. The highest BCUT2D eigenvalue weighted by Crippen LogP contribution is 2.32. The van der Waals surface area contributed by atoms with Crippen molar-refractivity contribution in [3.63, 3.8) is 0 Å². The number of hydrogen-bond acceptors (Lipinski definition) is 5. The SMILES string of the molecule is C=CC[C@H](NC(=O)OCC(Cl)(Cl)Cl)[C@@H]1CC[C@@H](C(=O)OC(C)(C)C)N1Cc1ccccc1. The normalized spacial score (nSPS) is 20.4. The predicted octanol–water partition coefficient (Wildman–Crippen LogP) is 5.40. The molecule has 1 N–H and O–H groups in total. The van der Waals surface area contributed by atoms with E-state index in [0.717, 1.165) is 5.56 Å². The van der Waals surface area contributed by atoms with Crippen LogP contribution in [0.4, 0.5) is 4.79 Å². The number of esters is 1. The van der Waals surface area contributed by atoms with E-state index < -0.39 is 21.5 Å². The highest BCUT2D eigenvalue weighted by Gasteiger charge is 2.43. The molecule has 0 radical (unpaired) electrons. The van der Waals surface area contributed by atoms with Gasteiger partial charge in [0.25, 0.3) is 0 Å². The summed E-state index contributed by atoms with van der Waals surface area (Å²) in [5, 5.41) is 2.85. The summed E-state index contributed by atoms with van der Waals surface area (Å²) < 4.78 is 9.03. The van der Waals surface area contributed by atoms with Gasteiger partial charge in [-0.25, -0.2) is 4.79 Å². The zero-order valence-corrected chi connectivity index (χ0v) is 20.9. The molecule has 1 saturated heterocycles. The Morgan fingerprint density at radius 2 is 1.88 bits per heavy atom. The molecule has 0 aliphatic carbocycles. The largest absolute Gasteiger partial charge is 0.459 e. The van der Waals surface area contributed by atoms with Gasteiger partial charge in [-0.15, -0.1) is 6.58 Å². The maximum absolute atomic E-state index is 13.0. The quantitative estimate of drug-likeness (QED) is 0.291. The van der Waals surface area contributed by atoms with Crippen molar-refractivity contribution in [2.24, 2.45) is 0 Å². The lowest BCUT2D eigenvalue weighted by Gasteiger charge is -2.35. The zero-order chi connectivity index (χ0) is 23.9. The molecule has 1 fully saturated rings. The number of rotatable bonds is 8. The Hall–Kier alpha value is -1.47. The summed E-state index contributed by atoms with van der Waals surface area (Å²) in [6.07, 6.45) is 2.83. The van der Waals surface area contributed by atoms with Crippen LogP contribution < -0.4 is 5.32 Å². The van der Waals surface area contributed by atoms with Crippen molar-refractivity contribution in [1.82, 2.24) is 10.2 Å². The Bertz CT molecular complexity index is 778. The minimum atomic E-state index is -1.69. The first-order valence-corrected chi connectivity index (χ1v) is 11.7. The maximum atomic E-state index is 13.0. The van der Waals surface area contributed by atoms with Gasteiger partial charge in [-0.05, 0) is 45.6 Å². The summed E-state index contributed by atoms with van der Waals surface area (Å²) in [5.74, 6) is -0.271. The molecule has 6 nitrogen and oxygen atoms in total. The summed E-state index contributed by atoms with van der Waals surface area (Å²) in [6, 6.07) is 8.97. The van der Waals surface area contributed by atoms with Crippen LogP contribution >= 0.6 is 34.8 Å². The van der Waals surface area contributed by atoms with E-state index >= 15 is 0 Å². The summed E-state index contributed by atoms with van der Waals surface area (Å²) in [6.45, 7) is 9.52. The number of nitrogens with one attached hydrogen (secondary N) is 1. The molecule has 1 aromatic rings. The number of carbonyl (C=O) groups is 2. The Morgan fingerprint density at radius 3 is 2.44 bits per heavy atom. The lowest BCUT2D eigenvalue weighted by molar-refractivity contribution is -0.161. The molecule has 1 aromatic carbocycles. The van der Waals surface area contributed by atoms with Gasteiger partial charge in [0, 0.05) is 12.6 Å². The number of likely N-dealkylation sites (tertiary alicyclic amines) is 1. The second-order valence-corrected chi connectivity index (χ2v) is 11.3. The fourth-order valence-electron chi connectivity index (χ4n) is 3.80. The molecule has 0 unspecified atom stereocenters. The van der Waals surface area contributed by atoms with Crippen LogP contribution in [0.2, 0.25) is 0 Å². The lowest BCUT2D eigenvalue weighted by Crippen LogP contribution is -2.52. The highest BCUT2D eigenvalue weighted by atomic mass is 35.6. The number of ether oxygens (including phenoxy) is 2. The predicted molar refractivity (Wildman–Crippen MR) is 128 cm³/mol. The molecule has 2 rings (SSSR count). The molecule has 9 heteroatoms. The van der Waals surface area contributed by atoms with Crippen LogP contribution in [0, 0.1) is 0 Å². The van der Waals surface area contributed by atoms with Crippen LogP contribution in [0.15, 0.2) is 43.0 Å². The molecule has 0 spiro atoms. The van der Waals surface area contributed by atoms with Gasteiger partial charge in [-0.1, -0.05) is 71.2 Å². The van der Waals surface area contributed by atoms with Gasteiger partial charge in [-0.2, -0.15) is 0 Å². The van der Waals surface area contributed by atoms with Crippen LogP contribution in [-0.4, -0.2) is 51.1 Å². The molecule has 178 valence electrons. The number of hydrogen-bond donors (Lipinski definition) is 1. The first-order valence-electron chi connectivity index (χ1n) is 10.5. The van der Waals surface area contributed by atoms with Crippen molar-refractivity contribution in [3.05, 3.63) is 48.6 Å². The van der Waals surface area contributed by atoms with Crippen LogP contribution in [-0.2, 0) is 20.8 Å². The first-order chi connectivity index (χ1) is 14.9. The number of alkyl carbamates (subject to hydrolysis) is 1. The summed E-state index contributed by atoms with van der Waals surface area (Å²) in [5.41, 5.74) is 0.469. The van der Waals surface area contributed by atoms with Gasteiger partial charge in [0.15, 0.2) is 0 Å². The van der Waals surface area contributed by atoms with Crippen molar-refractivity contribution in [2.45, 2.75) is 74.1 Å². The van der Waals surface area contributed by atoms with Crippen LogP contribution in [0.1, 0.15) is 45.6 Å². The van der Waals surface area contributed by atoms with Crippen molar-refractivity contribution in [2.75, 3.05) is 6.61 Å².